The number of benzene rings is 4. The van der Waals surface area contributed by atoms with Gasteiger partial charge in [-0.1, -0.05) is 53.7 Å². The Labute approximate surface area is 295 Å². The first-order valence-corrected chi connectivity index (χ1v) is 19.9. The van der Waals surface area contributed by atoms with E-state index in [1.807, 2.05) is 24.3 Å². The highest BCUT2D eigenvalue weighted by molar-refractivity contribution is 8.00. The van der Waals surface area contributed by atoms with Gasteiger partial charge >= 0.3 is 8.24 Å². The van der Waals surface area contributed by atoms with Crippen LogP contribution in [0.25, 0.3) is 33.1 Å². The van der Waals surface area contributed by atoms with Crippen molar-refractivity contribution < 1.29 is 26.9 Å². The van der Waals surface area contributed by atoms with Crippen molar-refractivity contribution in [1.29, 1.82) is 0 Å². The number of fused-ring (bicyclic) bond motifs is 3. The van der Waals surface area contributed by atoms with Crippen LogP contribution in [0.2, 0.25) is 0 Å². The summed E-state index contributed by atoms with van der Waals surface area (Å²) in [4.78, 5) is 0. The van der Waals surface area contributed by atoms with E-state index < -0.39 is 15.1 Å². The number of hydrogen-bond donors (Lipinski definition) is 0. The molecule has 256 valence electrons. The number of halogens is 2. The zero-order chi connectivity index (χ0) is 35.3. The first-order chi connectivity index (χ1) is 22.4. The monoisotopic (exact) mass is 728 g/mol. The Morgan fingerprint density at radius 3 is 1.42 bits per heavy atom. The molecule has 0 saturated heterocycles. The lowest BCUT2D eigenvalue weighted by atomic mass is 9.81. The summed E-state index contributed by atoms with van der Waals surface area (Å²) in [6.07, 6.45) is 0. The summed E-state index contributed by atoms with van der Waals surface area (Å²) >= 11 is 12.7. The molecule has 48 heavy (non-hydrogen) atoms. The van der Waals surface area contributed by atoms with E-state index in [1.54, 1.807) is 14.2 Å². The smallest absolute Gasteiger partial charge is 0.453 e. The quantitative estimate of drug-likeness (QED) is 0.155. The highest BCUT2D eigenvalue weighted by atomic mass is 35.9. The van der Waals surface area contributed by atoms with Crippen LogP contribution >= 0.6 is 37.6 Å². The maximum Gasteiger partial charge on any atom is 0.453 e. The average molecular weight is 730 g/mol. The van der Waals surface area contributed by atoms with E-state index in [0.29, 0.717) is 34.1 Å². The van der Waals surface area contributed by atoms with Crippen molar-refractivity contribution >= 4 is 59.5 Å². The molecule has 4 aromatic carbocycles. The minimum Gasteiger partial charge on any atom is -0.497 e. The lowest BCUT2D eigenvalue weighted by molar-refractivity contribution is 0.409. The molecule has 0 aliphatic carbocycles. The van der Waals surface area contributed by atoms with Gasteiger partial charge in [-0.15, -0.1) is 0 Å². The fraction of sp³-hybridized carbons (Fsp3) is 0.368. The molecule has 0 bridgehead atoms. The summed E-state index contributed by atoms with van der Waals surface area (Å²) < 4.78 is 38.5. The van der Waals surface area contributed by atoms with E-state index in [4.69, 9.17) is 49.4 Å². The zero-order valence-corrected chi connectivity index (χ0v) is 33.0. The number of hydrogen-bond acceptors (Lipinski definition) is 6. The minimum atomic E-state index is -2.01. The second-order valence-electron chi connectivity index (χ2n) is 14.3. The van der Waals surface area contributed by atoms with Gasteiger partial charge in [0.05, 0.1) is 14.2 Å². The predicted molar refractivity (Wildman–Crippen MR) is 203 cm³/mol. The second-order valence-corrected chi connectivity index (χ2v) is 18.3. The van der Waals surface area contributed by atoms with E-state index in [1.165, 1.54) is 0 Å². The Bertz CT molecular complexity index is 1990. The zero-order valence-electron chi connectivity index (χ0n) is 29.7. The number of rotatable bonds is 7. The number of aryl methyl sites for hydroxylation is 4. The Morgan fingerprint density at radius 1 is 0.604 bits per heavy atom. The van der Waals surface area contributed by atoms with E-state index in [0.717, 1.165) is 55.3 Å². The number of ether oxygens (including phenoxy) is 2. The molecule has 10 heteroatoms. The second kappa shape index (κ2) is 13.7. The van der Waals surface area contributed by atoms with Crippen molar-refractivity contribution in [2.24, 2.45) is 0 Å². The lowest BCUT2D eigenvalue weighted by Gasteiger charge is -2.28. The van der Waals surface area contributed by atoms with Crippen LogP contribution in [0, 0.1) is 27.7 Å². The van der Waals surface area contributed by atoms with Crippen LogP contribution in [0.3, 0.4) is 0 Å². The SMILES string of the molecule is COc1cc(-c2cc(OC)cc(C(C)(C)C)c2Op2oc3c(C)cc(C)cc3c3cc(C)cc(C)c3o2)c(OP(Cl)Cl)c(C(C)(C)C)c1. The molecule has 0 N–H and O–H groups in total. The van der Waals surface area contributed by atoms with Crippen LogP contribution in [0.4, 0.5) is 0 Å². The molecule has 0 radical (unpaired) electrons. The molecule has 0 saturated carbocycles. The van der Waals surface area contributed by atoms with E-state index in [2.05, 4.69) is 93.5 Å². The summed E-state index contributed by atoms with van der Waals surface area (Å²) in [6, 6.07) is 16.3. The molecule has 0 amide bonds. The Hall–Kier alpha value is -3.01. The van der Waals surface area contributed by atoms with Crippen molar-refractivity contribution in [2.45, 2.75) is 80.1 Å². The Balaban J connectivity index is 1.94. The van der Waals surface area contributed by atoms with Gasteiger partial charge in [0.15, 0.2) is 0 Å². The van der Waals surface area contributed by atoms with Gasteiger partial charge in [0, 0.05) is 33.0 Å². The van der Waals surface area contributed by atoms with Crippen LogP contribution in [0.5, 0.6) is 23.0 Å². The van der Waals surface area contributed by atoms with Gasteiger partial charge in [-0.2, -0.15) is 0 Å². The van der Waals surface area contributed by atoms with Crippen molar-refractivity contribution in [3.05, 3.63) is 81.9 Å². The van der Waals surface area contributed by atoms with Crippen molar-refractivity contribution in [3.63, 3.8) is 0 Å². The first kappa shape index (κ1) is 36.3. The third-order valence-electron chi connectivity index (χ3n) is 8.29. The molecule has 6 nitrogen and oxygen atoms in total. The van der Waals surface area contributed by atoms with Gasteiger partial charge in [0.1, 0.15) is 34.2 Å². The molecule has 1 aromatic heterocycles. The van der Waals surface area contributed by atoms with Gasteiger partial charge in [-0.3, -0.25) is 0 Å². The summed E-state index contributed by atoms with van der Waals surface area (Å²) in [6.45, 7) is 19.2. The highest BCUT2D eigenvalue weighted by Crippen LogP contribution is 2.56. The molecule has 0 aliphatic rings. The van der Waals surface area contributed by atoms with Crippen molar-refractivity contribution in [1.82, 2.24) is 0 Å². The fourth-order valence-corrected chi connectivity index (χ4v) is 8.04. The third-order valence-corrected chi connectivity index (χ3v) is 10.0. The number of methoxy groups -OCH3 is 2. The van der Waals surface area contributed by atoms with Gasteiger partial charge in [-0.05, 0) is 120 Å². The molecule has 0 fully saturated rings. The topological polar surface area (TPSA) is 63.2 Å². The molecule has 5 rings (SSSR count). The van der Waals surface area contributed by atoms with Gasteiger partial charge in [0.2, 0.25) is 0 Å². The maximum absolute atomic E-state index is 7.03. The normalized spacial score (nSPS) is 12.1. The van der Waals surface area contributed by atoms with Crippen LogP contribution in [0.15, 0.2) is 56.9 Å². The standard InChI is InChI=1S/C38H44Cl2O6P2/c1-21-13-23(3)33-27(15-21)28-16-22(2)14-24(4)34(28)45-48(44-33)46-36-30(18-26(42-12)20-32(36)38(8,9)10)29-17-25(41-11)19-31(37(5,6)7)35(29)43-47(39)40/h13-20H,1-12H3. The highest BCUT2D eigenvalue weighted by Gasteiger charge is 2.31. The predicted octanol–water partition coefficient (Wildman–Crippen LogP) is 13.7. The van der Waals surface area contributed by atoms with E-state index >= 15 is 0 Å². The van der Waals surface area contributed by atoms with E-state index in [9.17, 15) is 0 Å². The summed E-state index contributed by atoms with van der Waals surface area (Å²) in [5, 5.41) is 1.95. The summed E-state index contributed by atoms with van der Waals surface area (Å²) in [5.74, 6) is 2.41. The molecule has 0 atom stereocenters. The van der Waals surface area contributed by atoms with Crippen LogP contribution in [-0.2, 0) is 10.8 Å². The Kier molecular flexibility index (Phi) is 10.4. The first-order valence-electron chi connectivity index (χ1n) is 15.7. The van der Waals surface area contributed by atoms with Crippen LogP contribution in [0.1, 0.15) is 74.9 Å². The van der Waals surface area contributed by atoms with Gasteiger partial charge in [-0.25, -0.2) is 0 Å². The Morgan fingerprint density at radius 2 is 1.02 bits per heavy atom. The maximum atomic E-state index is 7.03. The molecule has 0 unspecified atom stereocenters. The van der Waals surface area contributed by atoms with Crippen LogP contribution < -0.4 is 18.5 Å². The summed E-state index contributed by atoms with van der Waals surface area (Å²) in [5.41, 5.74) is 8.17. The minimum absolute atomic E-state index is 0.346. The van der Waals surface area contributed by atoms with Gasteiger partial charge in [0.25, 0.3) is 6.85 Å². The summed E-state index contributed by atoms with van der Waals surface area (Å²) in [7, 11) is 1.28. The molecular weight excluding hydrogens is 685 g/mol. The molecule has 5 aromatic rings. The largest absolute Gasteiger partial charge is 0.497 e. The van der Waals surface area contributed by atoms with Crippen LogP contribution in [-0.4, -0.2) is 14.2 Å². The molecular formula is C38H44Cl2O6P2. The molecule has 0 spiro atoms. The molecule has 1 heterocycles. The lowest BCUT2D eigenvalue weighted by Crippen LogP contribution is -2.15. The van der Waals surface area contributed by atoms with E-state index in [-0.39, 0.29) is 10.8 Å². The van der Waals surface area contributed by atoms with Crippen molar-refractivity contribution in [3.8, 4) is 34.1 Å². The molecule has 0 aliphatic heterocycles. The average Bonchev–Trinajstić information content (AvgIpc) is 3.13. The van der Waals surface area contributed by atoms with Crippen molar-refractivity contribution in [2.75, 3.05) is 14.2 Å². The fourth-order valence-electron chi connectivity index (χ4n) is 6.05. The van der Waals surface area contributed by atoms with Gasteiger partial charge < -0.3 is 26.9 Å². The third kappa shape index (κ3) is 7.43.